The van der Waals surface area contributed by atoms with Crippen LogP contribution in [0, 0.1) is 0 Å². The number of fused-ring (bicyclic) bond motifs is 1. The van der Waals surface area contributed by atoms with Crippen LogP contribution in [-0.2, 0) is 4.84 Å². The standard InChI is InChI=1S/C12H15NO3/c1-12(2,3)13-11(16-13)8-4-5-9-10(6-8)15-7-14-9/h4-6,11H,7H2,1-3H3. The van der Waals surface area contributed by atoms with Crippen molar-refractivity contribution < 1.29 is 14.3 Å². The van der Waals surface area contributed by atoms with Crippen LogP contribution in [-0.4, -0.2) is 17.4 Å². The molecule has 4 nitrogen and oxygen atoms in total. The topological polar surface area (TPSA) is 34.0 Å². The molecule has 2 heterocycles. The summed E-state index contributed by atoms with van der Waals surface area (Å²) in [6, 6.07) is 5.93. The number of nitrogens with zero attached hydrogens (tertiary/aromatic N) is 1. The Bertz CT molecular complexity index is 425. The van der Waals surface area contributed by atoms with Gasteiger partial charge in [0.25, 0.3) is 0 Å². The highest BCUT2D eigenvalue weighted by atomic mass is 16.8. The molecule has 1 aromatic carbocycles. The summed E-state index contributed by atoms with van der Waals surface area (Å²) in [5.41, 5.74) is 1.14. The number of rotatable bonds is 1. The zero-order valence-electron chi connectivity index (χ0n) is 9.69. The van der Waals surface area contributed by atoms with Gasteiger partial charge in [0.1, 0.15) is 0 Å². The van der Waals surface area contributed by atoms with Crippen LogP contribution >= 0.6 is 0 Å². The summed E-state index contributed by atoms with van der Waals surface area (Å²) in [5.74, 6) is 1.62. The third-order valence-corrected chi connectivity index (χ3v) is 2.72. The Balaban J connectivity index is 1.82. The minimum absolute atomic E-state index is 0.0288. The molecule has 2 unspecified atom stereocenters. The van der Waals surface area contributed by atoms with E-state index in [9.17, 15) is 0 Å². The van der Waals surface area contributed by atoms with Crippen LogP contribution in [0.25, 0.3) is 0 Å². The van der Waals surface area contributed by atoms with Crippen molar-refractivity contribution in [3.8, 4) is 11.5 Å². The lowest BCUT2D eigenvalue weighted by Gasteiger charge is -2.16. The molecule has 86 valence electrons. The van der Waals surface area contributed by atoms with E-state index >= 15 is 0 Å². The van der Waals surface area contributed by atoms with E-state index in [0.717, 1.165) is 17.1 Å². The Hall–Kier alpha value is -1.26. The minimum Gasteiger partial charge on any atom is -0.454 e. The smallest absolute Gasteiger partial charge is 0.231 e. The van der Waals surface area contributed by atoms with Crippen molar-refractivity contribution in [2.45, 2.75) is 32.5 Å². The second kappa shape index (κ2) is 3.12. The second-order valence-corrected chi connectivity index (χ2v) is 5.07. The summed E-state index contributed by atoms with van der Waals surface area (Å²) in [7, 11) is 0. The van der Waals surface area contributed by atoms with Crippen LogP contribution in [0.15, 0.2) is 18.2 Å². The van der Waals surface area contributed by atoms with E-state index in [2.05, 4.69) is 20.8 Å². The molecule has 2 aliphatic heterocycles. The summed E-state index contributed by atoms with van der Waals surface area (Å²) in [6.07, 6.45) is 0.0505. The normalized spacial score (nSPS) is 26.9. The van der Waals surface area contributed by atoms with E-state index in [1.165, 1.54) is 0 Å². The molecule has 0 amide bonds. The Morgan fingerprint density at radius 1 is 1.19 bits per heavy atom. The van der Waals surface area contributed by atoms with Gasteiger partial charge in [0.15, 0.2) is 17.7 Å². The lowest BCUT2D eigenvalue weighted by Crippen LogP contribution is -2.25. The number of benzene rings is 1. The summed E-state index contributed by atoms with van der Waals surface area (Å²) in [5, 5.41) is 1.98. The lowest BCUT2D eigenvalue weighted by molar-refractivity contribution is 0.101. The maximum Gasteiger partial charge on any atom is 0.231 e. The average molecular weight is 221 g/mol. The van der Waals surface area contributed by atoms with Gasteiger partial charge in [0, 0.05) is 11.1 Å². The maximum absolute atomic E-state index is 5.56. The molecule has 0 aromatic heterocycles. The maximum atomic E-state index is 5.56. The van der Waals surface area contributed by atoms with Gasteiger partial charge in [0.2, 0.25) is 6.79 Å². The Morgan fingerprint density at radius 3 is 2.62 bits per heavy atom. The van der Waals surface area contributed by atoms with Crippen LogP contribution in [0.3, 0.4) is 0 Å². The van der Waals surface area contributed by atoms with Crippen molar-refractivity contribution >= 4 is 0 Å². The van der Waals surface area contributed by atoms with Crippen molar-refractivity contribution in [1.82, 2.24) is 5.06 Å². The van der Waals surface area contributed by atoms with Gasteiger partial charge < -0.3 is 9.47 Å². The zero-order valence-corrected chi connectivity index (χ0v) is 9.69. The summed E-state index contributed by atoms with van der Waals surface area (Å²) < 4.78 is 10.6. The number of hydrogen-bond donors (Lipinski definition) is 0. The molecule has 16 heavy (non-hydrogen) atoms. The molecule has 1 fully saturated rings. The molecule has 0 aliphatic carbocycles. The molecule has 3 rings (SSSR count). The molecule has 0 bridgehead atoms. The summed E-state index contributed by atoms with van der Waals surface area (Å²) in [6.45, 7) is 6.69. The van der Waals surface area contributed by atoms with Crippen LogP contribution < -0.4 is 9.47 Å². The summed E-state index contributed by atoms with van der Waals surface area (Å²) in [4.78, 5) is 5.56. The van der Waals surface area contributed by atoms with Gasteiger partial charge in [-0.2, -0.15) is 0 Å². The Labute approximate surface area is 94.7 Å². The van der Waals surface area contributed by atoms with E-state index in [1.807, 2.05) is 23.3 Å². The molecular weight excluding hydrogens is 206 g/mol. The van der Waals surface area contributed by atoms with Gasteiger partial charge in [-0.15, -0.1) is 5.06 Å². The van der Waals surface area contributed by atoms with Gasteiger partial charge >= 0.3 is 0 Å². The van der Waals surface area contributed by atoms with Crippen LogP contribution in [0.1, 0.15) is 32.6 Å². The first-order chi connectivity index (χ1) is 7.55. The van der Waals surface area contributed by atoms with Crippen molar-refractivity contribution in [1.29, 1.82) is 0 Å². The molecule has 0 spiro atoms. The number of hydroxylamine groups is 2. The predicted octanol–water partition coefficient (Wildman–Crippen LogP) is 2.46. The highest BCUT2D eigenvalue weighted by Crippen LogP contribution is 2.45. The van der Waals surface area contributed by atoms with Crippen molar-refractivity contribution in [3.05, 3.63) is 23.8 Å². The molecule has 0 saturated carbocycles. The molecule has 0 radical (unpaired) electrons. The fraction of sp³-hybridized carbons (Fsp3) is 0.500. The predicted molar refractivity (Wildman–Crippen MR) is 58.0 cm³/mol. The first-order valence-electron chi connectivity index (χ1n) is 5.41. The van der Waals surface area contributed by atoms with E-state index in [0.29, 0.717) is 6.79 Å². The fourth-order valence-corrected chi connectivity index (χ4v) is 1.85. The average Bonchev–Trinajstić information content (AvgIpc) is 2.89. The molecule has 0 N–H and O–H groups in total. The SMILES string of the molecule is CC(C)(C)N1OC1c1ccc2c(c1)OCO2. The van der Waals surface area contributed by atoms with Gasteiger partial charge in [-0.3, -0.25) is 4.84 Å². The second-order valence-electron chi connectivity index (χ2n) is 5.07. The van der Waals surface area contributed by atoms with Gasteiger partial charge in [-0.1, -0.05) is 6.07 Å². The van der Waals surface area contributed by atoms with E-state index in [-0.39, 0.29) is 11.8 Å². The highest BCUT2D eigenvalue weighted by molar-refractivity contribution is 5.45. The zero-order chi connectivity index (χ0) is 11.3. The van der Waals surface area contributed by atoms with E-state index < -0.39 is 0 Å². The molecule has 1 aromatic rings. The Kier molecular flexibility index (Phi) is 1.94. The fourth-order valence-electron chi connectivity index (χ4n) is 1.85. The van der Waals surface area contributed by atoms with Crippen LogP contribution in [0.2, 0.25) is 0 Å². The van der Waals surface area contributed by atoms with Crippen molar-refractivity contribution in [2.24, 2.45) is 0 Å². The molecule has 4 heteroatoms. The van der Waals surface area contributed by atoms with Crippen molar-refractivity contribution in [3.63, 3.8) is 0 Å². The van der Waals surface area contributed by atoms with E-state index in [4.69, 9.17) is 14.3 Å². The first-order valence-corrected chi connectivity index (χ1v) is 5.41. The largest absolute Gasteiger partial charge is 0.454 e. The molecule has 1 saturated heterocycles. The first kappa shape index (κ1) is 9.93. The quantitative estimate of drug-likeness (QED) is 0.682. The van der Waals surface area contributed by atoms with Gasteiger partial charge in [-0.05, 0) is 32.9 Å². The third kappa shape index (κ3) is 1.54. The van der Waals surface area contributed by atoms with Crippen LogP contribution in [0.5, 0.6) is 11.5 Å². The minimum atomic E-state index is 0.0288. The Morgan fingerprint density at radius 2 is 1.94 bits per heavy atom. The number of ether oxygens (including phenoxy) is 2. The molecule has 2 aliphatic rings. The van der Waals surface area contributed by atoms with Gasteiger partial charge in [-0.25, -0.2) is 0 Å². The third-order valence-electron chi connectivity index (χ3n) is 2.72. The van der Waals surface area contributed by atoms with Gasteiger partial charge in [0.05, 0.1) is 0 Å². The highest BCUT2D eigenvalue weighted by Gasteiger charge is 2.46. The molecule has 2 atom stereocenters. The lowest BCUT2D eigenvalue weighted by atomic mass is 10.1. The monoisotopic (exact) mass is 221 g/mol. The van der Waals surface area contributed by atoms with E-state index in [1.54, 1.807) is 0 Å². The van der Waals surface area contributed by atoms with Crippen LogP contribution in [0.4, 0.5) is 0 Å². The molecular formula is C12H15NO3. The van der Waals surface area contributed by atoms with Crippen molar-refractivity contribution in [2.75, 3.05) is 6.79 Å². The number of hydrogen-bond acceptors (Lipinski definition) is 4. The summed E-state index contributed by atoms with van der Waals surface area (Å²) >= 11 is 0.